The first kappa shape index (κ1) is 34.6. The Morgan fingerprint density at radius 3 is 1.53 bits per heavy atom. The van der Waals surface area contributed by atoms with E-state index in [1.54, 1.807) is 6.08 Å². The quantitative estimate of drug-likeness (QED) is 0.0556. The van der Waals surface area contributed by atoms with Crippen LogP contribution in [0.2, 0.25) is 0 Å². The Hall–Kier alpha value is -1.41. The molecule has 0 radical (unpaired) electrons. The van der Waals surface area contributed by atoms with Crippen LogP contribution in [0.1, 0.15) is 142 Å². The smallest absolute Gasteiger partial charge is 0.327 e. The number of hydrogen-bond donors (Lipinski definition) is 1. The van der Waals surface area contributed by atoms with Crippen molar-refractivity contribution in [2.75, 3.05) is 6.61 Å². The molecule has 0 fully saturated rings. The molecule has 0 aromatic heterocycles. The maximum atomic E-state index is 12.1. The van der Waals surface area contributed by atoms with Gasteiger partial charge in [-0.1, -0.05) is 123 Å². The van der Waals surface area contributed by atoms with E-state index in [9.17, 15) is 22.6 Å². The molecule has 7 nitrogen and oxygen atoms in total. The van der Waals surface area contributed by atoms with Crippen molar-refractivity contribution < 1.29 is 32.0 Å². The van der Waals surface area contributed by atoms with Gasteiger partial charge in [-0.2, -0.15) is 8.42 Å². The van der Waals surface area contributed by atoms with Crippen LogP contribution in [-0.2, 0) is 29.2 Å². The zero-order chi connectivity index (χ0) is 26.9. The summed E-state index contributed by atoms with van der Waals surface area (Å²) in [5, 5.41) is -1.96. The van der Waals surface area contributed by atoms with Crippen molar-refractivity contribution in [2.45, 2.75) is 148 Å². The molecule has 1 atom stereocenters. The summed E-state index contributed by atoms with van der Waals surface area (Å²) in [6, 6.07) is 0. The largest absolute Gasteiger partial charge is 0.465 e. The SMILES string of the molecule is CC/C=C/OC(=O)CC(C(=O)OCCCCCCCCCCCCCCCCCCCC)S(=O)(=O)O. The zero-order valence-electron chi connectivity index (χ0n) is 22.9. The minimum atomic E-state index is -4.76. The molecule has 0 aliphatic heterocycles. The Labute approximate surface area is 220 Å². The van der Waals surface area contributed by atoms with Crippen molar-refractivity contribution in [1.29, 1.82) is 0 Å². The van der Waals surface area contributed by atoms with Crippen LogP contribution in [0.25, 0.3) is 0 Å². The monoisotopic (exact) mass is 532 g/mol. The van der Waals surface area contributed by atoms with E-state index >= 15 is 0 Å². The minimum Gasteiger partial charge on any atom is -0.465 e. The van der Waals surface area contributed by atoms with E-state index < -0.39 is 33.7 Å². The number of rotatable bonds is 25. The van der Waals surface area contributed by atoms with Crippen molar-refractivity contribution in [1.82, 2.24) is 0 Å². The molecule has 0 aliphatic rings. The van der Waals surface area contributed by atoms with Gasteiger partial charge in [0.2, 0.25) is 0 Å². The van der Waals surface area contributed by atoms with Crippen LogP contribution in [0.3, 0.4) is 0 Å². The van der Waals surface area contributed by atoms with E-state index in [0.717, 1.165) is 25.5 Å². The van der Waals surface area contributed by atoms with E-state index in [1.807, 2.05) is 6.92 Å². The van der Waals surface area contributed by atoms with Gasteiger partial charge in [0.1, 0.15) is 0 Å². The Morgan fingerprint density at radius 2 is 1.14 bits per heavy atom. The van der Waals surface area contributed by atoms with Crippen LogP contribution in [0.4, 0.5) is 0 Å². The number of unbranched alkanes of at least 4 members (excludes halogenated alkanes) is 17. The first-order valence-electron chi connectivity index (χ1n) is 14.3. The fourth-order valence-corrected chi connectivity index (χ4v) is 4.66. The summed E-state index contributed by atoms with van der Waals surface area (Å²) in [5.74, 6) is -2.05. The van der Waals surface area contributed by atoms with Crippen molar-refractivity contribution in [3.8, 4) is 0 Å². The normalized spacial score (nSPS) is 12.6. The fraction of sp³-hybridized carbons (Fsp3) is 0.857. The number of ether oxygens (including phenoxy) is 2. The molecule has 212 valence electrons. The van der Waals surface area contributed by atoms with Gasteiger partial charge in [-0.25, -0.2) is 0 Å². The second kappa shape index (κ2) is 24.0. The lowest BCUT2D eigenvalue weighted by Crippen LogP contribution is -2.34. The van der Waals surface area contributed by atoms with Crippen LogP contribution in [0.15, 0.2) is 12.3 Å². The Balaban J connectivity index is 3.66. The first-order valence-corrected chi connectivity index (χ1v) is 15.8. The highest BCUT2D eigenvalue weighted by Gasteiger charge is 2.35. The second-order valence-corrected chi connectivity index (χ2v) is 11.3. The molecule has 0 saturated heterocycles. The molecule has 36 heavy (non-hydrogen) atoms. The number of allylic oxidation sites excluding steroid dienone is 1. The molecular weight excluding hydrogens is 480 g/mol. The lowest BCUT2D eigenvalue weighted by atomic mass is 10.0. The van der Waals surface area contributed by atoms with E-state index in [-0.39, 0.29) is 6.61 Å². The third-order valence-electron chi connectivity index (χ3n) is 6.25. The summed E-state index contributed by atoms with van der Waals surface area (Å²) in [4.78, 5) is 23.7. The lowest BCUT2D eigenvalue weighted by Gasteiger charge is -2.12. The van der Waals surface area contributed by atoms with Gasteiger partial charge in [0, 0.05) is 0 Å². The minimum absolute atomic E-state index is 0.0639. The second-order valence-electron chi connectivity index (χ2n) is 9.66. The van der Waals surface area contributed by atoms with Gasteiger partial charge in [-0.05, 0) is 18.9 Å². The first-order chi connectivity index (χ1) is 17.3. The molecule has 0 spiro atoms. The predicted octanol–water partition coefficient (Wildman–Crippen LogP) is 7.68. The van der Waals surface area contributed by atoms with Crippen LogP contribution in [0, 0.1) is 0 Å². The Bertz CT molecular complexity index is 673. The maximum absolute atomic E-state index is 12.1. The Kier molecular flexibility index (Phi) is 23.0. The van der Waals surface area contributed by atoms with Crippen LogP contribution in [-0.4, -0.2) is 36.8 Å². The van der Waals surface area contributed by atoms with Crippen molar-refractivity contribution in [2.24, 2.45) is 0 Å². The standard InChI is InChI=1S/C28H52O7S/c1-3-5-7-8-9-10-11-12-13-14-15-16-17-18-19-20-21-22-24-35-28(30)26(36(31,32)33)25-27(29)34-23-6-4-2/h6,23,26H,3-5,7-22,24-25H2,1-2H3,(H,31,32,33)/b23-6+. The third-order valence-corrected chi connectivity index (χ3v) is 7.33. The van der Waals surface area contributed by atoms with Gasteiger partial charge < -0.3 is 9.47 Å². The predicted molar refractivity (Wildman–Crippen MR) is 145 cm³/mol. The summed E-state index contributed by atoms with van der Waals surface area (Å²) >= 11 is 0. The topological polar surface area (TPSA) is 107 Å². The van der Waals surface area contributed by atoms with Gasteiger partial charge in [0.15, 0.2) is 5.25 Å². The van der Waals surface area contributed by atoms with Gasteiger partial charge in [0.05, 0.1) is 19.3 Å². The number of carbonyl (C=O) groups excluding carboxylic acids is 2. The average molecular weight is 533 g/mol. The molecule has 0 heterocycles. The van der Waals surface area contributed by atoms with Gasteiger partial charge in [0.25, 0.3) is 10.1 Å². The van der Waals surface area contributed by atoms with Crippen molar-refractivity contribution in [3.63, 3.8) is 0 Å². The summed E-state index contributed by atoms with van der Waals surface area (Å²) < 4.78 is 41.9. The number of esters is 2. The third kappa shape index (κ3) is 21.8. The molecule has 1 unspecified atom stereocenters. The number of carbonyl (C=O) groups is 2. The van der Waals surface area contributed by atoms with Crippen LogP contribution in [0.5, 0.6) is 0 Å². The molecule has 0 aromatic carbocycles. The van der Waals surface area contributed by atoms with Crippen LogP contribution >= 0.6 is 0 Å². The molecule has 0 aromatic rings. The van der Waals surface area contributed by atoms with Crippen LogP contribution < -0.4 is 0 Å². The van der Waals surface area contributed by atoms with E-state index in [4.69, 9.17) is 9.47 Å². The van der Waals surface area contributed by atoms with Crippen molar-refractivity contribution >= 4 is 22.1 Å². The lowest BCUT2D eigenvalue weighted by molar-refractivity contribution is -0.147. The van der Waals surface area contributed by atoms with Gasteiger partial charge in [-0.15, -0.1) is 0 Å². The summed E-state index contributed by atoms with van der Waals surface area (Å²) in [5.41, 5.74) is 0. The molecule has 0 amide bonds. The maximum Gasteiger partial charge on any atom is 0.327 e. The van der Waals surface area contributed by atoms with Gasteiger partial charge in [-0.3, -0.25) is 14.1 Å². The zero-order valence-corrected chi connectivity index (χ0v) is 23.7. The molecular formula is C28H52O7S. The molecule has 0 bridgehead atoms. The molecule has 0 aliphatic carbocycles. The Morgan fingerprint density at radius 1 is 0.722 bits per heavy atom. The van der Waals surface area contributed by atoms with E-state index in [2.05, 4.69) is 6.92 Å². The van der Waals surface area contributed by atoms with Gasteiger partial charge >= 0.3 is 11.9 Å². The highest BCUT2D eigenvalue weighted by Crippen LogP contribution is 2.15. The average Bonchev–Trinajstić information content (AvgIpc) is 2.83. The summed E-state index contributed by atoms with van der Waals surface area (Å²) in [7, 11) is -4.76. The molecule has 8 heteroatoms. The summed E-state index contributed by atoms with van der Waals surface area (Å²) in [6.45, 7) is 4.16. The number of hydrogen-bond acceptors (Lipinski definition) is 6. The van der Waals surface area contributed by atoms with Crippen molar-refractivity contribution in [3.05, 3.63) is 12.3 Å². The fourth-order valence-electron chi connectivity index (χ4n) is 4.00. The molecule has 0 saturated carbocycles. The van der Waals surface area contributed by atoms with E-state index in [1.165, 1.54) is 89.9 Å². The highest BCUT2D eigenvalue weighted by molar-refractivity contribution is 7.87. The molecule has 1 N–H and O–H groups in total. The van der Waals surface area contributed by atoms with E-state index in [0.29, 0.717) is 12.8 Å². The molecule has 0 rings (SSSR count). The summed E-state index contributed by atoms with van der Waals surface area (Å²) in [6.07, 6.45) is 25.1. The highest BCUT2D eigenvalue weighted by atomic mass is 32.2.